The molecule has 0 aliphatic carbocycles. The predicted octanol–water partition coefficient (Wildman–Crippen LogP) is 2.66. The fourth-order valence-electron chi connectivity index (χ4n) is 7.57. The van der Waals surface area contributed by atoms with Gasteiger partial charge in [0.15, 0.2) is 12.1 Å². The fourth-order valence-corrected chi connectivity index (χ4v) is 7.57. The quantitative estimate of drug-likeness (QED) is 0.178. The molecule has 2 saturated heterocycles. The number of nitrogens with zero attached hydrogens (tertiary/aromatic N) is 3. The van der Waals surface area contributed by atoms with Gasteiger partial charge in [0.05, 0.1) is 11.5 Å². The summed E-state index contributed by atoms with van der Waals surface area (Å²) in [5, 5.41) is 16.2. The molecular weight excluding hydrogens is 734 g/mol. The van der Waals surface area contributed by atoms with Gasteiger partial charge in [0.1, 0.15) is 30.3 Å². The Morgan fingerprint density at radius 2 is 1.39 bits per heavy atom. The number of amides is 5. The van der Waals surface area contributed by atoms with Gasteiger partial charge in [0, 0.05) is 33.0 Å². The van der Waals surface area contributed by atoms with Crippen LogP contribution in [0.25, 0.3) is 0 Å². The van der Waals surface area contributed by atoms with Gasteiger partial charge >= 0.3 is 11.9 Å². The van der Waals surface area contributed by atoms with E-state index in [-0.39, 0.29) is 13.0 Å². The minimum Gasteiger partial charge on any atom is -0.460 e. The van der Waals surface area contributed by atoms with E-state index in [1.54, 1.807) is 62.3 Å². The molecule has 2 aliphatic rings. The summed E-state index contributed by atoms with van der Waals surface area (Å²) >= 11 is 0. The summed E-state index contributed by atoms with van der Waals surface area (Å²) in [7, 11) is 2.89. The van der Waals surface area contributed by atoms with Crippen molar-refractivity contribution in [2.24, 2.45) is 29.1 Å². The number of carbonyl (C=O) groups excluding carboxylic acids is 7. The minimum absolute atomic E-state index is 0.137. The Morgan fingerprint density at radius 3 is 1.89 bits per heavy atom. The van der Waals surface area contributed by atoms with Crippen molar-refractivity contribution >= 4 is 41.5 Å². The highest BCUT2D eigenvalue weighted by molar-refractivity contribution is 5.96. The third kappa shape index (κ3) is 11.7. The number of unbranched alkanes of at least 4 members (excludes halogenated alkanes) is 1. The highest BCUT2D eigenvalue weighted by Gasteiger charge is 2.47. The lowest BCUT2D eigenvalue weighted by Crippen LogP contribution is -2.61. The molecule has 0 bridgehead atoms. The average molecular weight is 804 g/mol. The number of esters is 2. The van der Waals surface area contributed by atoms with Crippen molar-refractivity contribution in [3.63, 3.8) is 0 Å². The molecule has 322 valence electrons. The number of nitrogens with one attached hydrogen (secondary N) is 2. The molecule has 9 atom stereocenters. The van der Waals surface area contributed by atoms with E-state index in [1.165, 1.54) is 35.7 Å². The molecule has 2 rings (SSSR count). The molecule has 57 heavy (non-hydrogen) atoms. The van der Waals surface area contributed by atoms with Crippen LogP contribution in [-0.2, 0) is 43.0 Å². The van der Waals surface area contributed by atoms with Crippen LogP contribution in [0, 0.1) is 41.4 Å². The van der Waals surface area contributed by atoms with Gasteiger partial charge in [-0.25, -0.2) is 9.59 Å². The lowest BCUT2D eigenvalue weighted by molar-refractivity contribution is -0.172. The second-order valence-corrected chi connectivity index (χ2v) is 17.4. The van der Waals surface area contributed by atoms with Crippen molar-refractivity contribution < 1.29 is 48.1 Å². The molecule has 2 fully saturated rings. The predicted molar refractivity (Wildman–Crippen MR) is 214 cm³/mol. The number of fused-ring (bicyclic) bond motifs is 1. The second kappa shape index (κ2) is 21.0. The number of likely N-dealkylation sites (N-methyl/N-ethyl adjacent to an activating group) is 2. The Hall–Kier alpha value is -4.19. The van der Waals surface area contributed by atoms with Crippen molar-refractivity contribution in [1.82, 2.24) is 25.3 Å². The van der Waals surface area contributed by atoms with E-state index in [0.717, 1.165) is 0 Å². The standard InChI is InChI=1S/C42H69N5O10/c1-15-17-18-21-29-42(11,12)41(55)44-30(23(3)4)37(51)46(14)33(25(7)8)40(54)57-34(26(9)16-2)38(52)47-22-19-20-28(47)36(50)45(13)32(24(5)6)35(49)43-31(27(10)48)39(53)56-29/h1,23-34,48H,16-22H2,2-14H3,(H,43,49)(H,44,55)/t26-,27+,28-,29-,30-,31?,32-,33-,34+/m0/s1. The number of terminal acetylenes is 1. The van der Waals surface area contributed by atoms with Gasteiger partial charge in [-0.1, -0.05) is 55.4 Å². The number of carbonyl (C=O) groups is 7. The van der Waals surface area contributed by atoms with Gasteiger partial charge in [-0.3, -0.25) is 24.0 Å². The number of hydrogen-bond acceptors (Lipinski definition) is 10. The molecule has 0 aromatic rings. The van der Waals surface area contributed by atoms with Gasteiger partial charge in [0.2, 0.25) is 23.6 Å². The van der Waals surface area contributed by atoms with Crippen LogP contribution in [0.4, 0.5) is 0 Å². The summed E-state index contributed by atoms with van der Waals surface area (Å²) in [6.45, 7) is 18.7. The fraction of sp³-hybridized carbons (Fsp3) is 0.786. The number of hydrogen-bond donors (Lipinski definition) is 3. The minimum atomic E-state index is -1.59. The van der Waals surface area contributed by atoms with Gasteiger partial charge in [-0.15, -0.1) is 12.3 Å². The first-order valence-corrected chi connectivity index (χ1v) is 20.4. The summed E-state index contributed by atoms with van der Waals surface area (Å²) in [6, 6.07) is -5.97. The second-order valence-electron chi connectivity index (χ2n) is 17.4. The highest BCUT2D eigenvalue weighted by atomic mass is 16.6. The normalized spacial score (nSPS) is 28.9. The third-order valence-corrected chi connectivity index (χ3v) is 11.5. The molecule has 0 radical (unpaired) electrons. The van der Waals surface area contributed by atoms with E-state index < -0.39 is 119 Å². The largest absolute Gasteiger partial charge is 0.460 e. The molecular formula is C42H69N5O10. The lowest BCUT2D eigenvalue weighted by Gasteiger charge is -2.39. The smallest absolute Gasteiger partial charge is 0.331 e. The maximum Gasteiger partial charge on any atom is 0.331 e. The zero-order valence-electron chi connectivity index (χ0n) is 36.4. The number of aliphatic hydroxyl groups excluding tert-OH is 1. The van der Waals surface area contributed by atoms with Crippen LogP contribution in [0.5, 0.6) is 0 Å². The summed E-state index contributed by atoms with van der Waals surface area (Å²) in [4.78, 5) is 103. The molecule has 15 nitrogen and oxygen atoms in total. The Labute approximate surface area is 339 Å². The number of rotatable bonds is 9. The zero-order chi connectivity index (χ0) is 43.7. The Balaban J connectivity index is 2.83. The van der Waals surface area contributed by atoms with Gasteiger partial charge < -0.3 is 39.9 Å². The highest BCUT2D eigenvalue weighted by Crippen LogP contribution is 2.31. The number of ether oxygens (including phenoxy) is 2. The van der Waals surface area contributed by atoms with Crippen LogP contribution in [0.2, 0.25) is 0 Å². The average Bonchev–Trinajstić information content (AvgIpc) is 3.62. The van der Waals surface area contributed by atoms with Gasteiger partial charge in [-0.05, 0) is 70.6 Å². The molecule has 2 aliphatic heterocycles. The van der Waals surface area contributed by atoms with Crippen LogP contribution in [-0.4, -0.2) is 130 Å². The molecule has 2 heterocycles. The molecule has 3 N–H and O–H groups in total. The van der Waals surface area contributed by atoms with Gasteiger partial charge in [-0.2, -0.15) is 0 Å². The van der Waals surface area contributed by atoms with E-state index in [4.69, 9.17) is 15.9 Å². The zero-order valence-corrected chi connectivity index (χ0v) is 36.4. The van der Waals surface area contributed by atoms with Crippen LogP contribution in [0.3, 0.4) is 0 Å². The Bertz CT molecular complexity index is 1500. The van der Waals surface area contributed by atoms with E-state index in [0.29, 0.717) is 32.1 Å². The van der Waals surface area contributed by atoms with Crippen molar-refractivity contribution in [1.29, 1.82) is 0 Å². The topological polar surface area (TPSA) is 192 Å². The Kier molecular flexibility index (Phi) is 18.0. The van der Waals surface area contributed by atoms with Crippen LogP contribution >= 0.6 is 0 Å². The molecule has 0 spiro atoms. The first-order chi connectivity index (χ1) is 26.4. The molecule has 0 saturated carbocycles. The third-order valence-electron chi connectivity index (χ3n) is 11.5. The first kappa shape index (κ1) is 49.0. The van der Waals surface area contributed by atoms with Crippen molar-refractivity contribution in [3.05, 3.63) is 0 Å². The van der Waals surface area contributed by atoms with Crippen LogP contribution < -0.4 is 10.6 Å². The van der Waals surface area contributed by atoms with E-state index in [2.05, 4.69) is 16.6 Å². The SMILES string of the molecule is C#CCCC[C@@H]1OC(=O)C([C@@H](C)O)NC(=O)[C@H](C(C)C)N(C)C(=O)[C@@H]2CCCN2C(=O)[C@@H]([C@@H](C)CC)OC(=O)[C@H](C(C)C)N(C)C(=O)[C@H](C(C)C)NC(=O)C1(C)C. The molecule has 1 unspecified atom stereocenters. The molecule has 0 aromatic heterocycles. The molecule has 5 amide bonds. The maximum atomic E-state index is 14.4. The van der Waals surface area contributed by atoms with Crippen molar-refractivity contribution in [2.45, 2.75) is 163 Å². The first-order valence-electron chi connectivity index (χ1n) is 20.4. The summed E-state index contributed by atoms with van der Waals surface area (Å²) in [5.74, 6) is -4.18. The van der Waals surface area contributed by atoms with Crippen molar-refractivity contribution in [3.8, 4) is 12.3 Å². The Morgan fingerprint density at radius 1 is 0.807 bits per heavy atom. The summed E-state index contributed by atoms with van der Waals surface area (Å²) < 4.78 is 12.0. The van der Waals surface area contributed by atoms with Crippen LogP contribution in [0.1, 0.15) is 115 Å². The van der Waals surface area contributed by atoms with E-state index in [9.17, 15) is 38.7 Å². The maximum absolute atomic E-state index is 14.4. The molecule has 0 aromatic carbocycles. The van der Waals surface area contributed by atoms with Crippen LogP contribution in [0.15, 0.2) is 0 Å². The van der Waals surface area contributed by atoms with E-state index >= 15 is 0 Å². The van der Waals surface area contributed by atoms with Gasteiger partial charge in [0.25, 0.3) is 5.91 Å². The molecule has 15 heteroatoms. The monoisotopic (exact) mass is 804 g/mol. The summed E-state index contributed by atoms with van der Waals surface area (Å²) in [6.07, 6.45) is 3.72. The summed E-state index contributed by atoms with van der Waals surface area (Å²) in [5.41, 5.74) is -1.47. The number of aliphatic hydroxyl groups is 1. The van der Waals surface area contributed by atoms with Crippen molar-refractivity contribution in [2.75, 3.05) is 20.6 Å². The van der Waals surface area contributed by atoms with E-state index in [1.807, 2.05) is 6.92 Å². The number of cyclic esters (lactones) is 2. The lowest BCUT2D eigenvalue weighted by atomic mass is 9.82.